The van der Waals surface area contributed by atoms with Crippen LogP contribution in [0.25, 0.3) is 10.6 Å². The van der Waals surface area contributed by atoms with E-state index in [0.29, 0.717) is 35.5 Å². The molecule has 2 aromatic carbocycles. The Balaban J connectivity index is 1.34. The lowest BCUT2D eigenvalue weighted by atomic mass is 10.1. The Labute approximate surface area is 186 Å². The fourth-order valence-electron chi connectivity index (χ4n) is 3.67. The summed E-state index contributed by atoms with van der Waals surface area (Å²) in [6.45, 7) is 0.359. The number of carbonyl (C=O) groups excluding carboxylic acids is 1. The first-order valence-electron chi connectivity index (χ1n) is 10.4. The van der Waals surface area contributed by atoms with Crippen LogP contribution in [0.3, 0.4) is 0 Å². The number of rotatable bonds is 8. The molecule has 0 spiro atoms. The fraction of sp³-hybridized carbons (Fsp3) is 0.333. The summed E-state index contributed by atoms with van der Waals surface area (Å²) in [7, 11) is 3.23. The first kappa shape index (κ1) is 21.2. The van der Waals surface area contributed by atoms with Crippen molar-refractivity contribution in [3.05, 3.63) is 59.1 Å². The standard InChI is InChI=1S/C24H26N2O4S/c1-28-21-12-9-17(13-22(21)29-2)24-26-19(15-31-24)14-30-20-10-7-16(8-11-20)23(27)25-18-5-3-4-6-18/h7-13,15,18H,3-6,14H2,1-2H3,(H,25,27). The first-order valence-corrected chi connectivity index (χ1v) is 11.2. The van der Waals surface area contributed by atoms with Crippen molar-refractivity contribution in [3.63, 3.8) is 0 Å². The Kier molecular flexibility index (Phi) is 6.72. The van der Waals surface area contributed by atoms with E-state index in [4.69, 9.17) is 14.2 Å². The summed E-state index contributed by atoms with van der Waals surface area (Å²) in [5.41, 5.74) is 2.47. The number of hydrogen-bond acceptors (Lipinski definition) is 6. The number of thiazole rings is 1. The van der Waals surface area contributed by atoms with Crippen molar-refractivity contribution in [3.8, 4) is 27.8 Å². The van der Waals surface area contributed by atoms with Gasteiger partial charge in [0.05, 0.1) is 19.9 Å². The van der Waals surface area contributed by atoms with E-state index in [1.807, 2.05) is 35.7 Å². The highest BCUT2D eigenvalue weighted by Gasteiger charge is 2.18. The Morgan fingerprint density at radius 1 is 1.06 bits per heavy atom. The van der Waals surface area contributed by atoms with Crippen molar-refractivity contribution in [1.29, 1.82) is 0 Å². The molecule has 0 atom stereocenters. The molecule has 7 heteroatoms. The van der Waals surface area contributed by atoms with Gasteiger partial charge in [-0.25, -0.2) is 4.98 Å². The lowest BCUT2D eigenvalue weighted by molar-refractivity contribution is 0.0938. The van der Waals surface area contributed by atoms with E-state index >= 15 is 0 Å². The summed E-state index contributed by atoms with van der Waals surface area (Å²) in [6, 6.07) is 13.3. The van der Waals surface area contributed by atoms with Crippen LogP contribution in [0.2, 0.25) is 0 Å². The van der Waals surface area contributed by atoms with E-state index in [1.165, 1.54) is 12.8 Å². The number of nitrogens with one attached hydrogen (secondary N) is 1. The lowest BCUT2D eigenvalue weighted by Crippen LogP contribution is -2.32. The predicted molar refractivity (Wildman–Crippen MR) is 121 cm³/mol. The molecule has 1 amide bonds. The van der Waals surface area contributed by atoms with Crippen LogP contribution in [0.15, 0.2) is 47.8 Å². The number of methoxy groups -OCH3 is 2. The van der Waals surface area contributed by atoms with Gasteiger partial charge in [-0.3, -0.25) is 4.79 Å². The number of carbonyl (C=O) groups is 1. The van der Waals surface area contributed by atoms with Gasteiger partial charge in [-0.2, -0.15) is 0 Å². The number of aromatic nitrogens is 1. The summed E-state index contributed by atoms with van der Waals surface area (Å²) in [6.07, 6.45) is 4.54. The van der Waals surface area contributed by atoms with Gasteiger partial charge in [0.25, 0.3) is 5.91 Å². The molecule has 6 nitrogen and oxygen atoms in total. The molecule has 162 valence electrons. The minimum atomic E-state index is -0.0162. The summed E-state index contributed by atoms with van der Waals surface area (Å²) in [5.74, 6) is 2.05. The van der Waals surface area contributed by atoms with E-state index in [2.05, 4.69) is 10.3 Å². The normalized spacial score (nSPS) is 13.7. The van der Waals surface area contributed by atoms with Gasteiger partial charge in [0.15, 0.2) is 11.5 Å². The highest BCUT2D eigenvalue weighted by atomic mass is 32.1. The maximum atomic E-state index is 12.3. The van der Waals surface area contributed by atoms with Gasteiger partial charge < -0.3 is 19.5 Å². The number of amides is 1. The van der Waals surface area contributed by atoms with Crippen LogP contribution in [0, 0.1) is 0 Å². The van der Waals surface area contributed by atoms with Crippen molar-refractivity contribution in [2.45, 2.75) is 38.3 Å². The zero-order chi connectivity index (χ0) is 21.6. The molecule has 1 N–H and O–H groups in total. The van der Waals surface area contributed by atoms with Crippen molar-refractivity contribution >= 4 is 17.2 Å². The van der Waals surface area contributed by atoms with Crippen LogP contribution in [0.4, 0.5) is 0 Å². The minimum absolute atomic E-state index is 0.0162. The summed E-state index contributed by atoms with van der Waals surface area (Å²) < 4.78 is 16.5. The second-order valence-electron chi connectivity index (χ2n) is 7.48. The van der Waals surface area contributed by atoms with Crippen LogP contribution >= 0.6 is 11.3 Å². The van der Waals surface area contributed by atoms with Crippen molar-refractivity contribution in [2.24, 2.45) is 0 Å². The van der Waals surface area contributed by atoms with E-state index in [-0.39, 0.29) is 5.91 Å². The molecule has 4 rings (SSSR count). The van der Waals surface area contributed by atoms with E-state index < -0.39 is 0 Å². The summed E-state index contributed by atoms with van der Waals surface area (Å²) in [5, 5.41) is 5.97. The molecule has 0 radical (unpaired) electrons. The molecular weight excluding hydrogens is 412 g/mol. The maximum Gasteiger partial charge on any atom is 0.251 e. The minimum Gasteiger partial charge on any atom is -0.493 e. The third-order valence-electron chi connectivity index (χ3n) is 5.38. The van der Waals surface area contributed by atoms with E-state index in [1.54, 1.807) is 37.7 Å². The van der Waals surface area contributed by atoms with Crippen LogP contribution in [0.5, 0.6) is 17.2 Å². The average Bonchev–Trinajstić information content (AvgIpc) is 3.50. The third kappa shape index (κ3) is 5.17. The number of ether oxygens (including phenoxy) is 3. The van der Waals surface area contributed by atoms with Gasteiger partial charge >= 0.3 is 0 Å². The molecule has 1 fully saturated rings. The monoisotopic (exact) mass is 438 g/mol. The Hall–Kier alpha value is -3.06. The topological polar surface area (TPSA) is 69.7 Å². The molecule has 0 saturated heterocycles. The molecule has 0 unspecified atom stereocenters. The largest absolute Gasteiger partial charge is 0.493 e. The predicted octanol–water partition coefficient (Wildman–Crippen LogP) is 5.08. The number of nitrogens with zero attached hydrogens (tertiary/aromatic N) is 1. The molecule has 3 aromatic rings. The smallest absolute Gasteiger partial charge is 0.251 e. The first-order chi connectivity index (χ1) is 15.2. The number of hydrogen-bond donors (Lipinski definition) is 1. The van der Waals surface area contributed by atoms with Gasteiger partial charge in [-0.1, -0.05) is 12.8 Å². The fourth-order valence-corrected chi connectivity index (χ4v) is 4.48. The molecule has 1 aliphatic rings. The van der Waals surface area contributed by atoms with Gasteiger partial charge in [0.2, 0.25) is 0 Å². The zero-order valence-corrected chi connectivity index (χ0v) is 18.5. The second-order valence-corrected chi connectivity index (χ2v) is 8.34. The van der Waals surface area contributed by atoms with Crippen LogP contribution in [-0.4, -0.2) is 31.2 Å². The molecule has 1 heterocycles. The number of benzene rings is 2. The quantitative estimate of drug-likeness (QED) is 0.531. The lowest BCUT2D eigenvalue weighted by Gasteiger charge is -2.12. The molecule has 1 aliphatic carbocycles. The highest BCUT2D eigenvalue weighted by Crippen LogP contribution is 2.33. The van der Waals surface area contributed by atoms with Gasteiger partial charge in [0.1, 0.15) is 17.4 Å². The molecule has 1 saturated carbocycles. The molecule has 0 bridgehead atoms. The zero-order valence-electron chi connectivity index (χ0n) is 17.7. The molecular formula is C24H26N2O4S. The third-order valence-corrected chi connectivity index (χ3v) is 6.32. The SMILES string of the molecule is COc1ccc(-c2nc(COc3ccc(C(=O)NC4CCCC4)cc3)cs2)cc1OC. The van der Waals surface area contributed by atoms with E-state index in [0.717, 1.165) is 29.1 Å². The second kappa shape index (κ2) is 9.83. The van der Waals surface area contributed by atoms with Crippen molar-refractivity contribution in [1.82, 2.24) is 10.3 Å². The summed E-state index contributed by atoms with van der Waals surface area (Å²) in [4.78, 5) is 17.0. The van der Waals surface area contributed by atoms with Crippen molar-refractivity contribution < 1.29 is 19.0 Å². The van der Waals surface area contributed by atoms with Gasteiger partial charge in [-0.15, -0.1) is 11.3 Å². The van der Waals surface area contributed by atoms with E-state index in [9.17, 15) is 4.79 Å². The van der Waals surface area contributed by atoms with Gasteiger partial charge in [0, 0.05) is 22.5 Å². The Bertz CT molecular complexity index is 1030. The Morgan fingerprint density at radius 2 is 1.81 bits per heavy atom. The molecule has 0 aliphatic heterocycles. The van der Waals surface area contributed by atoms with Crippen molar-refractivity contribution in [2.75, 3.05) is 14.2 Å². The highest BCUT2D eigenvalue weighted by molar-refractivity contribution is 7.13. The van der Waals surface area contributed by atoms with Crippen LogP contribution in [0.1, 0.15) is 41.7 Å². The van der Waals surface area contributed by atoms with Gasteiger partial charge in [-0.05, 0) is 55.3 Å². The van der Waals surface area contributed by atoms with Crippen LogP contribution in [-0.2, 0) is 6.61 Å². The average molecular weight is 439 g/mol. The van der Waals surface area contributed by atoms with Crippen LogP contribution < -0.4 is 19.5 Å². The summed E-state index contributed by atoms with van der Waals surface area (Å²) >= 11 is 1.55. The Morgan fingerprint density at radius 3 is 2.52 bits per heavy atom. The molecule has 31 heavy (non-hydrogen) atoms. The molecule has 1 aromatic heterocycles. The maximum absolute atomic E-state index is 12.3.